The zero-order valence-electron chi connectivity index (χ0n) is 24.9. The van der Waals surface area contributed by atoms with Gasteiger partial charge in [0.1, 0.15) is 29.5 Å². The van der Waals surface area contributed by atoms with Crippen molar-refractivity contribution in [1.29, 1.82) is 0 Å². The quantitative estimate of drug-likeness (QED) is 0.149. The van der Waals surface area contributed by atoms with Crippen molar-refractivity contribution in [2.24, 2.45) is 0 Å². The zero-order valence-corrected chi connectivity index (χ0v) is 24.9. The Kier molecular flexibility index (Phi) is 8.33. The van der Waals surface area contributed by atoms with Crippen LogP contribution in [0.1, 0.15) is 26.2 Å². The van der Waals surface area contributed by atoms with Crippen molar-refractivity contribution in [3.8, 4) is 39.4 Å². The molecule has 0 atom stereocenters. The third-order valence-corrected chi connectivity index (χ3v) is 7.45. The van der Waals surface area contributed by atoms with Gasteiger partial charge in [0.2, 0.25) is 5.91 Å². The van der Waals surface area contributed by atoms with Gasteiger partial charge in [0.25, 0.3) is 0 Å². The number of aromatic nitrogens is 5. The second-order valence-corrected chi connectivity index (χ2v) is 11.1. The van der Waals surface area contributed by atoms with Gasteiger partial charge in [-0.2, -0.15) is 5.10 Å². The van der Waals surface area contributed by atoms with E-state index in [0.29, 0.717) is 35.7 Å². The first-order valence-electron chi connectivity index (χ1n) is 14.7. The summed E-state index contributed by atoms with van der Waals surface area (Å²) in [5.74, 6) is 0.0944. The number of fused-ring (bicyclic) bond motifs is 2. The molecule has 3 N–H and O–H groups in total. The number of H-pyrrole nitrogens is 2. The lowest BCUT2D eigenvalue weighted by Gasteiger charge is -2.12. The van der Waals surface area contributed by atoms with E-state index in [4.69, 9.17) is 4.74 Å². The molecule has 6 aromatic rings. The van der Waals surface area contributed by atoms with Crippen molar-refractivity contribution in [2.45, 2.75) is 26.2 Å². The van der Waals surface area contributed by atoms with Crippen LogP contribution in [-0.2, 0) is 4.79 Å². The highest BCUT2D eigenvalue weighted by atomic mass is 19.1. The molecule has 0 saturated heterocycles. The van der Waals surface area contributed by atoms with Crippen LogP contribution in [0.15, 0.2) is 73.2 Å². The number of pyridine rings is 2. The first-order chi connectivity index (χ1) is 21.4. The predicted molar refractivity (Wildman–Crippen MR) is 172 cm³/mol. The number of anilines is 1. The standard InChI is InChI=1S/C34H34FN7O2/c1-4-5-6-32(43)38-25-14-23(19-36-20-25)21-7-8-30-29(16-21)33(41-40-30)31-18-28-27(9-10-37-34(28)39-31)22-13-24(35)17-26(15-22)44-12-11-42(2)3/h7-10,13-20H,4-6,11-12H2,1-3H3,(H,37,39)(H,38,43)(H,40,41). The Morgan fingerprint density at radius 3 is 2.73 bits per heavy atom. The third kappa shape index (κ3) is 6.30. The van der Waals surface area contributed by atoms with Crippen LogP contribution in [0.4, 0.5) is 10.1 Å². The predicted octanol–water partition coefficient (Wildman–Crippen LogP) is 7.04. The van der Waals surface area contributed by atoms with Gasteiger partial charge in [0.05, 0.1) is 23.1 Å². The minimum Gasteiger partial charge on any atom is -0.492 e. The topological polar surface area (TPSA) is 112 Å². The average Bonchev–Trinajstić information content (AvgIpc) is 3.63. The normalized spacial score (nSPS) is 11.5. The molecule has 0 radical (unpaired) electrons. The summed E-state index contributed by atoms with van der Waals surface area (Å²) < 4.78 is 20.5. The number of halogens is 1. The van der Waals surface area contributed by atoms with Gasteiger partial charge in [0.15, 0.2) is 0 Å². The van der Waals surface area contributed by atoms with Gasteiger partial charge in [-0.05, 0) is 79.7 Å². The average molecular weight is 592 g/mol. The summed E-state index contributed by atoms with van der Waals surface area (Å²) in [7, 11) is 3.93. The van der Waals surface area contributed by atoms with Crippen molar-refractivity contribution in [3.63, 3.8) is 0 Å². The van der Waals surface area contributed by atoms with E-state index in [1.807, 2.05) is 55.4 Å². The van der Waals surface area contributed by atoms with Crippen LogP contribution in [0.25, 0.3) is 55.6 Å². The van der Waals surface area contributed by atoms with Gasteiger partial charge < -0.3 is 19.9 Å². The molecule has 0 aliphatic rings. The molecular formula is C34H34FN7O2. The molecule has 9 nitrogen and oxygen atoms in total. The number of amides is 1. The number of aromatic amines is 2. The third-order valence-electron chi connectivity index (χ3n) is 7.45. The summed E-state index contributed by atoms with van der Waals surface area (Å²) in [4.78, 5) is 26.6. The molecule has 0 bridgehead atoms. The molecule has 4 aromatic heterocycles. The van der Waals surface area contributed by atoms with Crippen molar-refractivity contribution < 1.29 is 13.9 Å². The molecule has 6 rings (SSSR count). The Hall–Kier alpha value is -5.09. The molecule has 0 unspecified atom stereocenters. The van der Waals surface area contributed by atoms with E-state index < -0.39 is 0 Å². The van der Waals surface area contributed by atoms with Gasteiger partial charge in [-0.1, -0.05) is 19.4 Å². The van der Waals surface area contributed by atoms with Crippen LogP contribution in [-0.4, -0.2) is 63.2 Å². The monoisotopic (exact) mass is 591 g/mol. The van der Waals surface area contributed by atoms with Crippen LogP contribution < -0.4 is 10.1 Å². The Bertz CT molecular complexity index is 1950. The molecule has 224 valence electrons. The summed E-state index contributed by atoms with van der Waals surface area (Å²) in [6.07, 6.45) is 7.43. The number of ether oxygens (including phenoxy) is 1. The Balaban J connectivity index is 1.33. The number of hydrogen-bond acceptors (Lipinski definition) is 6. The van der Waals surface area contributed by atoms with Crippen LogP contribution in [0, 0.1) is 5.82 Å². The maximum absolute atomic E-state index is 14.7. The van der Waals surface area contributed by atoms with Crippen molar-refractivity contribution in [1.82, 2.24) is 30.0 Å². The molecule has 0 aliphatic heterocycles. The molecule has 2 aromatic carbocycles. The summed E-state index contributed by atoms with van der Waals surface area (Å²) in [5.41, 5.74) is 7.06. The zero-order chi connectivity index (χ0) is 30.6. The van der Waals surface area contributed by atoms with Gasteiger partial charge >= 0.3 is 0 Å². The Morgan fingerprint density at radius 1 is 1.00 bits per heavy atom. The lowest BCUT2D eigenvalue weighted by molar-refractivity contribution is -0.116. The lowest BCUT2D eigenvalue weighted by Crippen LogP contribution is -2.19. The second-order valence-electron chi connectivity index (χ2n) is 11.1. The molecule has 44 heavy (non-hydrogen) atoms. The first-order valence-corrected chi connectivity index (χ1v) is 14.7. The molecule has 0 spiro atoms. The van der Waals surface area contributed by atoms with Crippen molar-refractivity contribution >= 4 is 33.5 Å². The summed E-state index contributed by atoms with van der Waals surface area (Å²) in [6, 6.07) is 16.6. The molecule has 1 amide bonds. The van der Waals surface area contributed by atoms with E-state index in [2.05, 4.69) is 43.5 Å². The molecule has 0 fully saturated rings. The number of hydrogen-bond donors (Lipinski definition) is 3. The highest BCUT2D eigenvalue weighted by molar-refractivity contribution is 6.01. The van der Waals surface area contributed by atoms with E-state index >= 15 is 0 Å². The number of rotatable bonds is 11. The summed E-state index contributed by atoms with van der Waals surface area (Å²) >= 11 is 0. The Labute approximate surface area is 254 Å². The number of nitrogens with one attached hydrogen (secondary N) is 3. The Morgan fingerprint density at radius 2 is 1.89 bits per heavy atom. The fourth-order valence-corrected chi connectivity index (χ4v) is 5.18. The fourth-order valence-electron chi connectivity index (χ4n) is 5.18. The number of unbranched alkanes of at least 4 members (excludes halogenated alkanes) is 1. The van der Waals surface area contributed by atoms with E-state index in [0.717, 1.165) is 63.8 Å². The van der Waals surface area contributed by atoms with Crippen LogP contribution >= 0.6 is 0 Å². The minimum absolute atomic E-state index is 0.0171. The highest BCUT2D eigenvalue weighted by Crippen LogP contribution is 2.36. The van der Waals surface area contributed by atoms with E-state index in [9.17, 15) is 9.18 Å². The SMILES string of the molecule is CCCCC(=O)Nc1cncc(-c2ccc3[nH]nc(-c4cc5c(-c6cc(F)cc(OCCN(C)C)c6)ccnc5[nH]4)c3c2)c1. The molecule has 0 aliphatic carbocycles. The second kappa shape index (κ2) is 12.6. The number of benzene rings is 2. The number of carbonyl (C=O) groups is 1. The molecule has 10 heteroatoms. The molecular weight excluding hydrogens is 557 g/mol. The van der Waals surface area contributed by atoms with E-state index in [-0.39, 0.29) is 11.7 Å². The van der Waals surface area contributed by atoms with Crippen LogP contribution in [0.5, 0.6) is 5.75 Å². The maximum atomic E-state index is 14.7. The van der Waals surface area contributed by atoms with Crippen LogP contribution in [0.3, 0.4) is 0 Å². The number of carbonyl (C=O) groups excluding carboxylic acids is 1. The first kappa shape index (κ1) is 29.0. The number of nitrogens with zero attached hydrogens (tertiary/aromatic N) is 4. The van der Waals surface area contributed by atoms with Gasteiger partial charge in [0, 0.05) is 47.8 Å². The van der Waals surface area contributed by atoms with Gasteiger partial charge in [-0.15, -0.1) is 0 Å². The summed E-state index contributed by atoms with van der Waals surface area (Å²) in [6.45, 7) is 3.24. The molecule has 0 saturated carbocycles. The van der Waals surface area contributed by atoms with E-state index in [1.165, 1.54) is 12.1 Å². The maximum Gasteiger partial charge on any atom is 0.224 e. The highest BCUT2D eigenvalue weighted by Gasteiger charge is 2.16. The number of likely N-dealkylation sites (N-methyl/N-ethyl adjacent to an activating group) is 1. The van der Waals surface area contributed by atoms with Crippen molar-refractivity contribution in [3.05, 3.63) is 79.0 Å². The van der Waals surface area contributed by atoms with E-state index in [1.54, 1.807) is 18.6 Å². The lowest BCUT2D eigenvalue weighted by atomic mass is 10.0. The van der Waals surface area contributed by atoms with Gasteiger partial charge in [-0.25, -0.2) is 9.37 Å². The van der Waals surface area contributed by atoms with Crippen LogP contribution in [0.2, 0.25) is 0 Å². The smallest absolute Gasteiger partial charge is 0.224 e. The van der Waals surface area contributed by atoms with Crippen molar-refractivity contribution in [2.75, 3.05) is 32.6 Å². The van der Waals surface area contributed by atoms with Gasteiger partial charge in [-0.3, -0.25) is 14.9 Å². The minimum atomic E-state index is -0.368. The molecule has 4 heterocycles. The summed E-state index contributed by atoms with van der Waals surface area (Å²) in [5, 5.41) is 12.4. The fraction of sp³-hybridized carbons (Fsp3) is 0.235. The largest absolute Gasteiger partial charge is 0.492 e.